The van der Waals surface area contributed by atoms with Crippen LogP contribution in [0.3, 0.4) is 0 Å². The van der Waals surface area contributed by atoms with Crippen LogP contribution in [0.5, 0.6) is 0 Å². The Morgan fingerprint density at radius 2 is 2.00 bits per heavy atom. The summed E-state index contributed by atoms with van der Waals surface area (Å²) < 4.78 is 5.11. The molecule has 0 aromatic rings. The second-order valence-corrected chi connectivity index (χ2v) is 4.39. The summed E-state index contributed by atoms with van der Waals surface area (Å²) in [5.74, 6) is -0.242. The van der Waals surface area contributed by atoms with Crippen LogP contribution in [0.15, 0.2) is 0 Å². The maximum atomic E-state index is 11.2. The Kier molecular flexibility index (Phi) is 5.72. The molecule has 0 aliphatic rings. The minimum Gasteiger partial charge on any atom is -0.459 e. The van der Waals surface area contributed by atoms with Gasteiger partial charge >= 0.3 is 5.97 Å². The third-order valence-corrected chi connectivity index (χ3v) is 1.61. The van der Waals surface area contributed by atoms with Crippen molar-refractivity contribution in [1.82, 2.24) is 10.9 Å². The van der Waals surface area contributed by atoms with Crippen molar-refractivity contribution >= 4 is 5.97 Å². The number of hydrogen-bond acceptors (Lipinski definition) is 4. The molecule has 0 aromatic heterocycles. The number of carbonyl (C=O) groups excluding carboxylic acids is 1. The van der Waals surface area contributed by atoms with Crippen molar-refractivity contribution in [2.24, 2.45) is 0 Å². The van der Waals surface area contributed by atoms with E-state index in [4.69, 9.17) is 4.74 Å². The number of ether oxygens (including phenoxy) is 1. The van der Waals surface area contributed by atoms with Gasteiger partial charge < -0.3 is 4.74 Å². The molecule has 14 heavy (non-hydrogen) atoms. The average Bonchev–Trinajstić information content (AvgIpc) is 2.00. The molecule has 4 heteroatoms. The van der Waals surface area contributed by atoms with Crippen LogP contribution in [0, 0.1) is 0 Å². The van der Waals surface area contributed by atoms with Crippen LogP contribution in [0.1, 0.15) is 41.0 Å². The smallest absolute Gasteiger partial charge is 0.321 e. The first-order chi connectivity index (χ1) is 6.35. The van der Waals surface area contributed by atoms with E-state index in [1.54, 1.807) is 0 Å². The first-order valence-corrected chi connectivity index (χ1v) is 5.05. The molecule has 0 aromatic carbocycles. The Morgan fingerprint density at radius 1 is 1.43 bits per heavy atom. The number of nitrogens with one attached hydrogen (secondary N) is 2. The number of hydrazine groups is 1. The fraction of sp³-hybridized carbons (Fsp3) is 0.900. The summed E-state index contributed by atoms with van der Waals surface area (Å²) in [6, 6.07) is 0.359. The highest BCUT2D eigenvalue weighted by atomic mass is 16.6. The number of hydrogen-bond donors (Lipinski definition) is 2. The zero-order valence-electron chi connectivity index (χ0n) is 9.81. The van der Waals surface area contributed by atoms with Crippen molar-refractivity contribution in [3.05, 3.63) is 0 Å². The van der Waals surface area contributed by atoms with Crippen molar-refractivity contribution in [2.45, 2.75) is 52.7 Å². The summed E-state index contributed by atoms with van der Waals surface area (Å²) >= 11 is 0. The topological polar surface area (TPSA) is 50.4 Å². The summed E-state index contributed by atoms with van der Waals surface area (Å²) in [5.41, 5.74) is 5.42. The van der Waals surface area contributed by atoms with Crippen LogP contribution in [0.2, 0.25) is 0 Å². The molecule has 0 heterocycles. The van der Waals surface area contributed by atoms with Gasteiger partial charge in [-0.1, -0.05) is 6.92 Å². The van der Waals surface area contributed by atoms with Gasteiger partial charge in [0, 0.05) is 6.04 Å². The highest BCUT2D eigenvalue weighted by molar-refractivity contribution is 5.71. The third-order valence-electron chi connectivity index (χ3n) is 1.61. The minimum absolute atomic E-state index is 0.196. The van der Waals surface area contributed by atoms with Gasteiger partial charge in [0.1, 0.15) is 12.1 Å². The van der Waals surface area contributed by atoms with Crippen LogP contribution in [-0.4, -0.2) is 24.2 Å². The van der Waals surface area contributed by atoms with Gasteiger partial charge in [-0.15, -0.1) is 0 Å². The lowest BCUT2D eigenvalue weighted by Gasteiger charge is -2.20. The van der Waals surface area contributed by atoms with Crippen molar-refractivity contribution in [3.63, 3.8) is 0 Å². The van der Waals surface area contributed by atoms with Gasteiger partial charge in [-0.25, -0.2) is 5.43 Å². The van der Waals surface area contributed by atoms with Crippen LogP contribution in [0.4, 0.5) is 0 Å². The molecule has 0 aliphatic heterocycles. The van der Waals surface area contributed by atoms with Gasteiger partial charge in [0.25, 0.3) is 0 Å². The maximum absolute atomic E-state index is 11.2. The molecule has 2 N–H and O–H groups in total. The fourth-order valence-corrected chi connectivity index (χ4v) is 0.777. The molecular weight excluding hydrogens is 180 g/mol. The Morgan fingerprint density at radius 3 is 2.43 bits per heavy atom. The van der Waals surface area contributed by atoms with E-state index in [0.717, 1.165) is 6.42 Å². The molecule has 0 fully saturated rings. The molecule has 84 valence electrons. The first-order valence-electron chi connectivity index (χ1n) is 5.05. The molecule has 0 saturated carbocycles. The predicted octanol–water partition coefficient (Wildman–Crippen LogP) is 1.22. The summed E-state index contributed by atoms with van der Waals surface area (Å²) in [4.78, 5) is 11.2. The van der Waals surface area contributed by atoms with E-state index in [-0.39, 0.29) is 12.5 Å². The number of esters is 1. The molecule has 4 nitrogen and oxygen atoms in total. The van der Waals surface area contributed by atoms with Gasteiger partial charge in [-0.2, -0.15) is 0 Å². The SMILES string of the molecule is CCC(C)NNCC(=O)OC(C)(C)C. The minimum atomic E-state index is -0.408. The van der Waals surface area contributed by atoms with Crippen molar-refractivity contribution in [2.75, 3.05) is 6.54 Å². The third kappa shape index (κ3) is 8.01. The van der Waals surface area contributed by atoms with Crippen molar-refractivity contribution in [1.29, 1.82) is 0 Å². The van der Waals surface area contributed by atoms with Crippen LogP contribution in [-0.2, 0) is 9.53 Å². The van der Waals surface area contributed by atoms with E-state index in [1.165, 1.54) is 0 Å². The van der Waals surface area contributed by atoms with E-state index >= 15 is 0 Å². The summed E-state index contributed by atoms with van der Waals surface area (Å²) in [6.45, 7) is 9.88. The lowest BCUT2D eigenvalue weighted by molar-refractivity contribution is -0.153. The van der Waals surface area contributed by atoms with E-state index in [9.17, 15) is 4.79 Å². The van der Waals surface area contributed by atoms with Gasteiger partial charge in [-0.3, -0.25) is 10.2 Å². The summed E-state index contributed by atoms with van der Waals surface area (Å²) in [7, 11) is 0. The maximum Gasteiger partial charge on any atom is 0.321 e. The molecule has 1 atom stereocenters. The summed E-state index contributed by atoms with van der Waals surface area (Å²) in [6.07, 6.45) is 1.02. The monoisotopic (exact) mass is 202 g/mol. The van der Waals surface area contributed by atoms with Crippen LogP contribution >= 0.6 is 0 Å². The van der Waals surface area contributed by atoms with E-state index in [1.807, 2.05) is 27.7 Å². The molecule has 1 unspecified atom stereocenters. The second-order valence-electron chi connectivity index (χ2n) is 4.39. The Hall–Kier alpha value is -0.610. The van der Waals surface area contributed by atoms with E-state index < -0.39 is 5.60 Å². The Labute approximate surface area is 86.4 Å². The van der Waals surface area contributed by atoms with Gasteiger partial charge in [-0.05, 0) is 34.1 Å². The first kappa shape index (κ1) is 13.4. The lowest BCUT2D eigenvalue weighted by Crippen LogP contribution is -2.43. The predicted molar refractivity (Wildman–Crippen MR) is 56.7 cm³/mol. The normalized spacial score (nSPS) is 13.8. The molecular formula is C10H22N2O2. The highest BCUT2D eigenvalue weighted by Crippen LogP contribution is 2.05. The molecule has 0 bridgehead atoms. The van der Waals surface area contributed by atoms with Crippen LogP contribution in [0.25, 0.3) is 0 Å². The van der Waals surface area contributed by atoms with Crippen molar-refractivity contribution < 1.29 is 9.53 Å². The highest BCUT2D eigenvalue weighted by Gasteiger charge is 2.15. The van der Waals surface area contributed by atoms with E-state index in [0.29, 0.717) is 6.04 Å². The number of rotatable bonds is 5. The average molecular weight is 202 g/mol. The van der Waals surface area contributed by atoms with Crippen molar-refractivity contribution in [3.8, 4) is 0 Å². The molecule has 0 aliphatic carbocycles. The molecule has 0 amide bonds. The second kappa shape index (κ2) is 5.98. The quantitative estimate of drug-likeness (QED) is 0.520. The molecule has 0 spiro atoms. The lowest BCUT2D eigenvalue weighted by atomic mass is 10.2. The fourth-order valence-electron chi connectivity index (χ4n) is 0.777. The number of carbonyl (C=O) groups is 1. The Bertz CT molecular complexity index is 175. The van der Waals surface area contributed by atoms with E-state index in [2.05, 4.69) is 17.8 Å². The standard InChI is InChI=1S/C10H22N2O2/c1-6-8(2)12-11-7-9(13)14-10(3,4)5/h8,11-12H,6-7H2,1-5H3. The van der Waals surface area contributed by atoms with Gasteiger partial charge in [0.15, 0.2) is 0 Å². The van der Waals surface area contributed by atoms with Crippen LogP contribution < -0.4 is 10.9 Å². The molecule has 0 rings (SSSR count). The largest absolute Gasteiger partial charge is 0.459 e. The molecule has 0 radical (unpaired) electrons. The summed E-state index contributed by atoms with van der Waals surface area (Å²) in [5, 5.41) is 0. The molecule has 0 saturated heterocycles. The zero-order chi connectivity index (χ0) is 11.2. The Balaban J connectivity index is 3.55. The van der Waals surface area contributed by atoms with Gasteiger partial charge in [0.2, 0.25) is 0 Å². The zero-order valence-corrected chi connectivity index (χ0v) is 9.81. The van der Waals surface area contributed by atoms with Gasteiger partial charge in [0.05, 0.1) is 0 Å².